The van der Waals surface area contributed by atoms with Gasteiger partial charge >= 0.3 is 11.7 Å². The van der Waals surface area contributed by atoms with E-state index in [1.807, 2.05) is 22.6 Å². The Morgan fingerprint density at radius 2 is 2.00 bits per heavy atom. The van der Waals surface area contributed by atoms with Crippen molar-refractivity contribution < 1.29 is 19.1 Å². The van der Waals surface area contributed by atoms with Crippen LogP contribution >= 0.6 is 22.6 Å². The van der Waals surface area contributed by atoms with Gasteiger partial charge in [-0.1, -0.05) is 12.1 Å². The highest BCUT2D eigenvalue weighted by Crippen LogP contribution is 2.12. The minimum absolute atomic E-state index is 0.293. The Labute approximate surface area is 105 Å². The molecule has 0 aromatic heterocycles. The van der Waals surface area contributed by atoms with Crippen LogP contribution in [-0.4, -0.2) is 29.4 Å². The van der Waals surface area contributed by atoms with Crippen LogP contribution in [0.5, 0.6) is 0 Å². The minimum atomic E-state index is -0.966. The Balaban J connectivity index is 3.17. The van der Waals surface area contributed by atoms with Crippen LogP contribution < -0.4 is 0 Å². The van der Waals surface area contributed by atoms with E-state index in [-0.39, 0.29) is 0 Å². The number of ketones is 1. The molecule has 1 aromatic carbocycles. The van der Waals surface area contributed by atoms with Crippen molar-refractivity contribution in [3.63, 3.8) is 0 Å². The van der Waals surface area contributed by atoms with Gasteiger partial charge in [0, 0.05) is 9.13 Å². The topological polar surface area (TPSA) is 79.8 Å². The Morgan fingerprint density at radius 1 is 1.38 bits per heavy atom. The molecule has 0 saturated heterocycles. The normalized spacial score (nSPS) is 9.12. The zero-order chi connectivity index (χ0) is 12.1. The van der Waals surface area contributed by atoms with Crippen LogP contribution in [0.25, 0.3) is 5.53 Å². The fraction of sp³-hybridized carbons (Fsp3) is 0.100. The first-order valence-corrected chi connectivity index (χ1v) is 5.29. The molecular formula is C10H7IN2O3. The van der Waals surface area contributed by atoms with E-state index in [9.17, 15) is 9.59 Å². The van der Waals surface area contributed by atoms with Crippen molar-refractivity contribution in [3.05, 3.63) is 38.9 Å². The number of ether oxygens (including phenoxy) is 1. The second-order valence-electron chi connectivity index (χ2n) is 2.75. The van der Waals surface area contributed by atoms with Crippen molar-refractivity contribution in [2.24, 2.45) is 0 Å². The number of nitrogens with zero attached hydrogens (tertiary/aromatic N) is 2. The number of benzene rings is 1. The first-order valence-electron chi connectivity index (χ1n) is 4.21. The van der Waals surface area contributed by atoms with E-state index in [4.69, 9.17) is 5.53 Å². The first kappa shape index (κ1) is 12.5. The van der Waals surface area contributed by atoms with Crippen molar-refractivity contribution in [1.82, 2.24) is 0 Å². The zero-order valence-electron chi connectivity index (χ0n) is 8.31. The fourth-order valence-electron chi connectivity index (χ4n) is 1.05. The number of methoxy groups -OCH3 is 1. The van der Waals surface area contributed by atoms with Gasteiger partial charge in [-0.05, 0) is 34.7 Å². The van der Waals surface area contributed by atoms with Crippen molar-refractivity contribution in [1.29, 1.82) is 0 Å². The van der Waals surface area contributed by atoms with Gasteiger partial charge in [0.15, 0.2) is 0 Å². The predicted octanol–water partition coefficient (Wildman–Crippen LogP) is 1.32. The van der Waals surface area contributed by atoms with Crippen molar-refractivity contribution in [2.75, 3.05) is 7.11 Å². The van der Waals surface area contributed by atoms with Crippen LogP contribution in [0.4, 0.5) is 0 Å². The molecule has 0 spiro atoms. The largest absolute Gasteiger partial charge is 0.460 e. The lowest BCUT2D eigenvalue weighted by molar-refractivity contribution is -0.137. The Bertz CT molecular complexity index is 493. The summed E-state index contributed by atoms with van der Waals surface area (Å²) in [7, 11) is 1.11. The molecule has 6 heteroatoms. The third kappa shape index (κ3) is 2.53. The highest BCUT2D eigenvalue weighted by atomic mass is 127. The monoisotopic (exact) mass is 330 g/mol. The number of esters is 1. The molecule has 0 atom stereocenters. The van der Waals surface area contributed by atoms with E-state index in [1.54, 1.807) is 18.2 Å². The second-order valence-corrected chi connectivity index (χ2v) is 3.91. The Kier molecular flexibility index (Phi) is 4.33. The number of rotatable bonds is 3. The van der Waals surface area contributed by atoms with Gasteiger partial charge < -0.3 is 10.3 Å². The molecule has 0 N–H and O–H groups in total. The number of hydrogen-bond acceptors (Lipinski definition) is 3. The van der Waals surface area contributed by atoms with Gasteiger partial charge in [-0.3, -0.25) is 4.79 Å². The zero-order valence-corrected chi connectivity index (χ0v) is 10.5. The van der Waals surface area contributed by atoms with Crippen molar-refractivity contribution in [2.45, 2.75) is 0 Å². The SMILES string of the molecule is COC(=O)C(=[N+]=[N-])C(=O)c1ccccc1I. The molecular weight excluding hydrogens is 323 g/mol. The third-order valence-corrected chi connectivity index (χ3v) is 2.75. The highest BCUT2D eigenvalue weighted by molar-refractivity contribution is 14.1. The summed E-state index contributed by atoms with van der Waals surface area (Å²) >= 11 is 1.95. The molecule has 0 saturated carbocycles. The van der Waals surface area contributed by atoms with Crippen LogP contribution in [0, 0.1) is 3.57 Å². The molecule has 0 amide bonds. The molecule has 82 valence electrons. The maximum atomic E-state index is 11.8. The van der Waals surface area contributed by atoms with Gasteiger partial charge in [0.25, 0.3) is 5.78 Å². The lowest BCUT2D eigenvalue weighted by atomic mass is 10.1. The summed E-state index contributed by atoms with van der Waals surface area (Å²) in [5, 5.41) is 0. The van der Waals surface area contributed by atoms with Gasteiger partial charge in [-0.2, -0.15) is 4.79 Å². The Morgan fingerprint density at radius 3 is 2.50 bits per heavy atom. The first-order chi connectivity index (χ1) is 7.61. The number of hydrogen-bond donors (Lipinski definition) is 0. The average molecular weight is 330 g/mol. The highest BCUT2D eigenvalue weighted by Gasteiger charge is 2.32. The summed E-state index contributed by atoms with van der Waals surface area (Å²) < 4.78 is 4.99. The lowest BCUT2D eigenvalue weighted by Crippen LogP contribution is -2.27. The Hall–Kier alpha value is -1.53. The smallest absolute Gasteiger partial charge is 0.446 e. The molecule has 0 unspecified atom stereocenters. The number of Topliss-reactive ketones (excluding diaryl/α,β-unsaturated/α-hetero) is 1. The summed E-state index contributed by atoms with van der Waals surface area (Å²) in [6.07, 6.45) is 0. The molecule has 1 aromatic rings. The van der Waals surface area contributed by atoms with Crippen molar-refractivity contribution in [3.8, 4) is 0 Å². The fourth-order valence-corrected chi connectivity index (χ4v) is 1.68. The van der Waals surface area contributed by atoms with E-state index in [2.05, 4.69) is 9.53 Å². The summed E-state index contributed by atoms with van der Waals surface area (Å²) in [5.74, 6) is -1.63. The average Bonchev–Trinajstić information content (AvgIpc) is 2.30. The summed E-state index contributed by atoms with van der Waals surface area (Å²) in [4.78, 5) is 25.6. The molecule has 0 aliphatic carbocycles. The van der Waals surface area contributed by atoms with E-state index in [0.29, 0.717) is 9.13 Å². The van der Waals surface area contributed by atoms with Crippen LogP contribution in [0.2, 0.25) is 0 Å². The van der Waals surface area contributed by atoms with Crippen molar-refractivity contribution >= 4 is 40.1 Å². The predicted molar refractivity (Wildman–Crippen MR) is 64.1 cm³/mol. The number of carbonyl (C=O) groups excluding carboxylic acids is 2. The van der Waals surface area contributed by atoms with E-state index in [0.717, 1.165) is 7.11 Å². The number of carbonyl (C=O) groups is 2. The van der Waals surface area contributed by atoms with Crippen LogP contribution in [-0.2, 0) is 9.53 Å². The van der Waals surface area contributed by atoms with Gasteiger partial charge in [0.05, 0.1) is 7.11 Å². The molecule has 0 heterocycles. The maximum Gasteiger partial charge on any atom is 0.446 e. The quantitative estimate of drug-likeness (QED) is 0.159. The van der Waals surface area contributed by atoms with Gasteiger partial charge in [0.1, 0.15) is 0 Å². The van der Waals surface area contributed by atoms with Gasteiger partial charge in [-0.25, -0.2) is 4.79 Å². The van der Waals surface area contributed by atoms with Crippen LogP contribution in [0.3, 0.4) is 0 Å². The minimum Gasteiger partial charge on any atom is -0.460 e. The molecule has 5 nitrogen and oxygen atoms in total. The second kappa shape index (κ2) is 5.53. The van der Waals surface area contributed by atoms with E-state index < -0.39 is 17.5 Å². The molecule has 0 aliphatic rings. The van der Waals surface area contributed by atoms with Crippen LogP contribution in [0.15, 0.2) is 24.3 Å². The third-order valence-electron chi connectivity index (χ3n) is 1.81. The molecule has 0 bridgehead atoms. The summed E-state index contributed by atoms with van der Waals surface area (Å²) in [6.45, 7) is 0. The number of halogens is 1. The maximum absolute atomic E-state index is 11.8. The molecule has 0 aliphatic heterocycles. The molecule has 0 fully saturated rings. The molecule has 1 rings (SSSR count). The molecule has 0 radical (unpaired) electrons. The van der Waals surface area contributed by atoms with Gasteiger partial charge in [-0.15, -0.1) is 0 Å². The van der Waals surface area contributed by atoms with Gasteiger partial charge in [0.2, 0.25) is 0 Å². The summed E-state index contributed by atoms with van der Waals surface area (Å²) in [5.41, 5.74) is 8.27. The lowest BCUT2D eigenvalue weighted by Gasteiger charge is -1.98. The van der Waals surface area contributed by atoms with Crippen LogP contribution in [0.1, 0.15) is 10.4 Å². The summed E-state index contributed by atoms with van der Waals surface area (Å²) in [6, 6.07) is 6.66. The van der Waals surface area contributed by atoms with E-state index >= 15 is 0 Å². The standard InChI is InChI=1S/C10H7IN2O3/c1-16-10(15)8(13-12)9(14)6-4-2-3-5-7(6)11/h2-5H,1H3. The van der Waals surface area contributed by atoms with E-state index in [1.165, 1.54) is 6.07 Å². The molecule has 16 heavy (non-hydrogen) atoms.